The fraction of sp³-hybridized carbons (Fsp3) is 0.0476. The van der Waals surface area contributed by atoms with Gasteiger partial charge in [0.25, 0.3) is 0 Å². The molecule has 28 heavy (non-hydrogen) atoms. The summed E-state index contributed by atoms with van der Waals surface area (Å²) in [6.07, 6.45) is -4.45. The minimum atomic E-state index is -4.45. The highest BCUT2D eigenvalue weighted by atomic mass is 19.4. The van der Waals surface area contributed by atoms with Gasteiger partial charge in [0.15, 0.2) is 5.82 Å². The maximum atomic E-state index is 14.2. The van der Waals surface area contributed by atoms with Crippen LogP contribution in [0, 0.1) is 5.82 Å². The predicted octanol–water partition coefficient (Wildman–Crippen LogP) is 6.20. The van der Waals surface area contributed by atoms with E-state index in [0.29, 0.717) is 16.7 Å². The lowest BCUT2D eigenvalue weighted by molar-refractivity contribution is -0.137. The first-order valence-electron chi connectivity index (χ1n) is 8.38. The van der Waals surface area contributed by atoms with E-state index in [0.717, 1.165) is 12.1 Å². The fourth-order valence-electron chi connectivity index (χ4n) is 2.84. The van der Waals surface area contributed by atoms with Gasteiger partial charge in [-0.05, 0) is 42.5 Å². The molecular weight excluding hydrogens is 370 g/mol. The third-order valence-electron chi connectivity index (χ3n) is 4.17. The smallest absolute Gasteiger partial charge is 0.340 e. The lowest BCUT2D eigenvalue weighted by atomic mass is 10.1. The summed E-state index contributed by atoms with van der Waals surface area (Å²) in [5, 5.41) is 3.53. The Labute approximate surface area is 157 Å². The highest BCUT2D eigenvalue weighted by molar-refractivity contribution is 5.92. The Morgan fingerprint density at radius 1 is 0.786 bits per heavy atom. The second-order valence-corrected chi connectivity index (χ2v) is 6.10. The summed E-state index contributed by atoms with van der Waals surface area (Å²) in [5.41, 5.74) is 0.203. The number of alkyl halides is 3. The van der Waals surface area contributed by atoms with Gasteiger partial charge in [-0.25, -0.2) is 14.4 Å². The van der Waals surface area contributed by atoms with Crippen molar-refractivity contribution in [2.75, 3.05) is 5.32 Å². The van der Waals surface area contributed by atoms with E-state index in [9.17, 15) is 17.6 Å². The van der Waals surface area contributed by atoms with Gasteiger partial charge in [-0.2, -0.15) is 13.2 Å². The molecule has 3 aromatic carbocycles. The predicted molar refractivity (Wildman–Crippen MR) is 99.7 cm³/mol. The third kappa shape index (κ3) is 3.51. The third-order valence-corrected chi connectivity index (χ3v) is 4.17. The number of nitrogens with one attached hydrogen (secondary N) is 1. The van der Waals surface area contributed by atoms with Crippen molar-refractivity contribution in [3.63, 3.8) is 0 Å². The number of halogens is 4. The SMILES string of the molecule is Fc1ccccc1-c1nc(Nc2cccc(C(F)(F)F)c2)c2ccccc2n1. The quantitative estimate of drug-likeness (QED) is 0.428. The normalized spacial score (nSPS) is 11.6. The van der Waals surface area contributed by atoms with E-state index in [1.165, 1.54) is 18.2 Å². The molecule has 0 saturated carbocycles. The number of anilines is 2. The van der Waals surface area contributed by atoms with E-state index >= 15 is 0 Å². The van der Waals surface area contributed by atoms with E-state index in [1.807, 2.05) is 0 Å². The summed E-state index contributed by atoms with van der Waals surface area (Å²) < 4.78 is 53.2. The number of hydrogen-bond acceptors (Lipinski definition) is 3. The number of benzene rings is 3. The molecule has 1 aromatic heterocycles. The van der Waals surface area contributed by atoms with Crippen molar-refractivity contribution >= 4 is 22.4 Å². The van der Waals surface area contributed by atoms with Crippen LogP contribution < -0.4 is 5.32 Å². The van der Waals surface area contributed by atoms with Crippen molar-refractivity contribution < 1.29 is 17.6 Å². The Morgan fingerprint density at radius 2 is 1.54 bits per heavy atom. The maximum absolute atomic E-state index is 14.2. The molecule has 7 heteroatoms. The molecule has 0 bridgehead atoms. The molecule has 4 rings (SSSR count). The molecule has 0 aliphatic rings. The highest BCUT2D eigenvalue weighted by Crippen LogP contribution is 2.33. The monoisotopic (exact) mass is 383 g/mol. The molecule has 0 spiro atoms. The van der Waals surface area contributed by atoms with E-state index in [4.69, 9.17) is 0 Å². The first-order valence-corrected chi connectivity index (χ1v) is 8.38. The number of para-hydroxylation sites is 1. The number of hydrogen-bond donors (Lipinski definition) is 1. The number of rotatable bonds is 3. The van der Waals surface area contributed by atoms with Gasteiger partial charge >= 0.3 is 6.18 Å². The number of aromatic nitrogens is 2. The zero-order valence-corrected chi connectivity index (χ0v) is 14.3. The minimum absolute atomic E-state index is 0.145. The van der Waals surface area contributed by atoms with Crippen molar-refractivity contribution in [2.45, 2.75) is 6.18 Å². The van der Waals surface area contributed by atoms with Crippen LogP contribution in [0.25, 0.3) is 22.3 Å². The van der Waals surface area contributed by atoms with Crippen LogP contribution in [0.4, 0.5) is 29.1 Å². The molecule has 4 aromatic rings. The molecule has 3 nitrogen and oxygen atoms in total. The first kappa shape index (κ1) is 17.9. The Hall–Kier alpha value is -3.48. The lowest BCUT2D eigenvalue weighted by Gasteiger charge is -2.13. The summed E-state index contributed by atoms with van der Waals surface area (Å²) >= 11 is 0. The summed E-state index contributed by atoms with van der Waals surface area (Å²) in [6, 6.07) is 17.9. The van der Waals surface area contributed by atoms with Gasteiger partial charge in [-0.3, -0.25) is 0 Å². The molecule has 0 aliphatic heterocycles. The molecule has 0 unspecified atom stereocenters. The Kier molecular flexibility index (Phi) is 4.43. The molecule has 140 valence electrons. The van der Waals surface area contributed by atoms with E-state index in [2.05, 4.69) is 15.3 Å². The average molecular weight is 383 g/mol. The van der Waals surface area contributed by atoms with Crippen LogP contribution >= 0.6 is 0 Å². The summed E-state index contributed by atoms with van der Waals surface area (Å²) in [4.78, 5) is 8.77. The Bertz CT molecular complexity index is 1160. The molecule has 0 radical (unpaired) electrons. The lowest BCUT2D eigenvalue weighted by Crippen LogP contribution is -2.06. The topological polar surface area (TPSA) is 37.8 Å². The minimum Gasteiger partial charge on any atom is -0.340 e. The molecule has 0 aliphatic carbocycles. The molecule has 0 saturated heterocycles. The van der Waals surface area contributed by atoms with Crippen molar-refractivity contribution in [3.8, 4) is 11.4 Å². The van der Waals surface area contributed by atoms with Crippen LogP contribution in [-0.2, 0) is 6.18 Å². The van der Waals surface area contributed by atoms with Gasteiger partial charge < -0.3 is 5.32 Å². The van der Waals surface area contributed by atoms with Crippen LogP contribution in [0.5, 0.6) is 0 Å². The van der Waals surface area contributed by atoms with Crippen LogP contribution in [0.3, 0.4) is 0 Å². The van der Waals surface area contributed by atoms with Gasteiger partial charge in [0, 0.05) is 11.1 Å². The molecule has 0 amide bonds. The molecular formula is C21H13F4N3. The van der Waals surface area contributed by atoms with Crippen molar-refractivity contribution in [2.24, 2.45) is 0 Å². The Morgan fingerprint density at radius 3 is 2.32 bits per heavy atom. The summed E-state index contributed by atoms with van der Waals surface area (Å²) in [6.45, 7) is 0. The van der Waals surface area contributed by atoms with Crippen molar-refractivity contribution in [1.82, 2.24) is 9.97 Å². The largest absolute Gasteiger partial charge is 0.416 e. The highest BCUT2D eigenvalue weighted by Gasteiger charge is 2.30. The molecule has 0 atom stereocenters. The zero-order valence-electron chi connectivity index (χ0n) is 14.3. The molecule has 1 N–H and O–H groups in total. The van der Waals surface area contributed by atoms with Crippen molar-refractivity contribution in [1.29, 1.82) is 0 Å². The molecule has 1 heterocycles. The number of fused-ring (bicyclic) bond motifs is 1. The van der Waals surface area contributed by atoms with E-state index in [-0.39, 0.29) is 17.1 Å². The van der Waals surface area contributed by atoms with E-state index < -0.39 is 17.6 Å². The van der Waals surface area contributed by atoms with Gasteiger partial charge in [0.2, 0.25) is 0 Å². The van der Waals surface area contributed by atoms with Gasteiger partial charge in [-0.1, -0.05) is 30.3 Å². The van der Waals surface area contributed by atoms with Gasteiger partial charge in [0.05, 0.1) is 16.6 Å². The second kappa shape index (κ2) is 6.92. The van der Waals surface area contributed by atoms with E-state index in [1.54, 1.807) is 42.5 Å². The zero-order chi connectivity index (χ0) is 19.7. The van der Waals surface area contributed by atoms with Crippen LogP contribution in [-0.4, -0.2) is 9.97 Å². The first-order chi connectivity index (χ1) is 13.4. The standard InChI is InChI=1S/C21H13F4N3/c22-17-10-3-1-8-15(17)19-27-18-11-4-2-9-16(18)20(28-19)26-14-7-5-6-13(12-14)21(23,24)25/h1-12H,(H,26,27,28). The maximum Gasteiger partial charge on any atom is 0.416 e. The second-order valence-electron chi connectivity index (χ2n) is 6.10. The Balaban J connectivity index is 1.84. The van der Waals surface area contributed by atoms with Crippen LogP contribution in [0.2, 0.25) is 0 Å². The van der Waals surface area contributed by atoms with Gasteiger partial charge in [-0.15, -0.1) is 0 Å². The molecule has 0 fully saturated rings. The summed E-state index contributed by atoms with van der Waals surface area (Å²) in [7, 11) is 0. The van der Waals surface area contributed by atoms with Crippen molar-refractivity contribution in [3.05, 3.63) is 84.2 Å². The average Bonchev–Trinajstić information content (AvgIpc) is 2.68. The van der Waals surface area contributed by atoms with Crippen LogP contribution in [0.15, 0.2) is 72.8 Å². The van der Waals surface area contributed by atoms with Gasteiger partial charge in [0.1, 0.15) is 11.6 Å². The summed E-state index contributed by atoms with van der Waals surface area (Å²) in [5.74, 6) is -0.0442. The van der Waals surface area contributed by atoms with Crippen LogP contribution in [0.1, 0.15) is 5.56 Å². The number of nitrogens with zero attached hydrogens (tertiary/aromatic N) is 2. The fourth-order valence-corrected chi connectivity index (χ4v) is 2.84.